The number of amides is 1. The van der Waals surface area contributed by atoms with Gasteiger partial charge in [-0.25, -0.2) is 5.43 Å². The minimum Gasteiger partial charge on any atom is -0.493 e. The molecule has 0 aromatic heterocycles. The Morgan fingerprint density at radius 2 is 2.00 bits per heavy atom. The Labute approximate surface area is 206 Å². The highest BCUT2D eigenvalue weighted by atomic mass is 79.9. The molecule has 0 atom stereocenters. The fourth-order valence-corrected chi connectivity index (χ4v) is 4.54. The third-order valence-electron chi connectivity index (χ3n) is 5.20. The van der Waals surface area contributed by atoms with Crippen molar-refractivity contribution in [3.8, 4) is 11.5 Å². The van der Waals surface area contributed by atoms with Crippen molar-refractivity contribution in [2.24, 2.45) is 5.10 Å². The number of methoxy groups -OCH3 is 1. The van der Waals surface area contributed by atoms with Gasteiger partial charge >= 0.3 is 0 Å². The molecule has 0 aliphatic heterocycles. The van der Waals surface area contributed by atoms with Crippen molar-refractivity contribution < 1.29 is 14.3 Å². The first-order chi connectivity index (χ1) is 15.5. The molecule has 0 saturated heterocycles. The Morgan fingerprint density at radius 1 is 1.22 bits per heavy atom. The van der Waals surface area contributed by atoms with E-state index in [9.17, 15) is 4.79 Å². The van der Waals surface area contributed by atoms with Crippen LogP contribution in [0.25, 0.3) is 0 Å². The van der Waals surface area contributed by atoms with Gasteiger partial charge in [-0.15, -0.1) is 0 Å². The Bertz CT molecular complexity index is 966. The summed E-state index contributed by atoms with van der Waals surface area (Å²) in [6, 6.07) is 9.28. The lowest BCUT2D eigenvalue weighted by molar-refractivity contribution is -0.120. The van der Waals surface area contributed by atoms with Gasteiger partial charge in [0.15, 0.2) is 11.5 Å². The number of ether oxygens (including phenoxy) is 2. The largest absolute Gasteiger partial charge is 0.493 e. The highest BCUT2D eigenvalue weighted by Crippen LogP contribution is 2.37. The number of rotatable bonds is 9. The number of hydrogen-bond donors (Lipinski definition) is 2. The number of hydrogen-bond acceptors (Lipinski definition) is 5. The fraction of sp³-hybridized carbons (Fsp3) is 0.391. The molecule has 6 nitrogen and oxygen atoms in total. The van der Waals surface area contributed by atoms with Gasteiger partial charge in [0.25, 0.3) is 5.91 Å². The molecule has 2 aromatic rings. The van der Waals surface area contributed by atoms with Crippen LogP contribution in [0.15, 0.2) is 39.9 Å². The Hall–Kier alpha value is -1.80. The topological polar surface area (TPSA) is 72.0 Å². The third kappa shape index (κ3) is 7.37. The summed E-state index contributed by atoms with van der Waals surface area (Å²) in [7, 11) is 1.56. The number of carbonyl (C=O) groups is 1. The van der Waals surface area contributed by atoms with Crippen LogP contribution in [0.4, 0.5) is 0 Å². The van der Waals surface area contributed by atoms with Crippen LogP contribution in [0.2, 0.25) is 10.0 Å². The first-order valence-electron chi connectivity index (χ1n) is 10.5. The van der Waals surface area contributed by atoms with Crippen LogP contribution in [0, 0.1) is 0 Å². The molecule has 172 valence electrons. The molecule has 2 aromatic carbocycles. The molecular formula is C23H26BrCl2N3O3. The highest BCUT2D eigenvalue weighted by Gasteiger charge is 2.14. The van der Waals surface area contributed by atoms with Crippen molar-refractivity contribution in [2.45, 2.75) is 44.8 Å². The van der Waals surface area contributed by atoms with Gasteiger partial charge in [-0.2, -0.15) is 5.10 Å². The number of carbonyl (C=O) groups excluding carboxylic acids is 1. The zero-order valence-electron chi connectivity index (χ0n) is 17.8. The summed E-state index contributed by atoms with van der Waals surface area (Å²) in [6.07, 6.45) is 7.55. The molecule has 0 unspecified atom stereocenters. The summed E-state index contributed by atoms with van der Waals surface area (Å²) < 4.78 is 12.1. The molecule has 2 N–H and O–H groups in total. The molecule has 1 aliphatic rings. The highest BCUT2D eigenvalue weighted by molar-refractivity contribution is 9.10. The van der Waals surface area contributed by atoms with Crippen LogP contribution < -0.4 is 20.2 Å². The van der Waals surface area contributed by atoms with E-state index in [2.05, 4.69) is 31.8 Å². The van der Waals surface area contributed by atoms with E-state index >= 15 is 0 Å². The molecule has 9 heteroatoms. The summed E-state index contributed by atoms with van der Waals surface area (Å²) in [6.45, 7) is 0.511. The average molecular weight is 543 g/mol. The summed E-state index contributed by atoms with van der Waals surface area (Å²) in [5, 5.41) is 8.45. The van der Waals surface area contributed by atoms with E-state index in [1.54, 1.807) is 31.5 Å². The summed E-state index contributed by atoms with van der Waals surface area (Å²) >= 11 is 15.7. The maximum atomic E-state index is 12.0. The predicted molar refractivity (Wildman–Crippen MR) is 132 cm³/mol. The van der Waals surface area contributed by atoms with E-state index < -0.39 is 0 Å². The van der Waals surface area contributed by atoms with Gasteiger partial charge in [0.2, 0.25) is 0 Å². The summed E-state index contributed by atoms with van der Waals surface area (Å²) in [4.78, 5) is 12.0. The number of nitrogens with zero attached hydrogens (tertiary/aromatic N) is 1. The van der Waals surface area contributed by atoms with Crippen LogP contribution >= 0.6 is 39.1 Å². The van der Waals surface area contributed by atoms with Crippen molar-refractivity contribution in [1.29, 1.82) is 0 Å². The fourth-order valence-electron chi connectivity index (χ4n) is 3.51. The maximum absolute atomic E-state index is 12.0. The van der Waals surface area contributed by atoms with E-state index in [4.69, 9.17) is 32.7 Å². The molecule has 0 heterocycles. The average Bonchev–Trinajstić information content (AvgIpc) is 2.78. The lowest BCUT2D eigenvalue weighted by Gasteiger charge is -2.22. The Kier molecular flexibility index (Phi) is 9.66. The molecule has 0 spiro atoms. The first kappa shape index (κ1) is 24.8. The van der Waals surface area contributed by atoms with Crippen LogP contribution in [0.3, 0.4) is 0 Å². The minimum atomic E-state index is -0.169. The summed E-state index contributed by atoms with van der Waals surface area (Å²) in [5.41, 5.74) is 4.10. The number of benzene rings is 2. The first-order valence-corrected chi connectivity index (χ1v) is 12.0. The zero-order chi connectivity index (χ0) is 22.9. The second-order valence-corrected chi connectivity index (χ2v) is 9.27. The van der Waals surface area contributed by atoms with Crippen LogP contribution in [-0.2, 0) is 11.4 Å². The Morgan fingerprint density at radius 3 is 2.72 bits per heavy atom. The van der Waals surface area contributed by atoms with Gasteiger partial charge in [-0.1, -0.05) is 48.5 Å². The second-order valence-electron chi connectivity index (χ2n) is 7.57. The third-order valence-corrected chi connectivity index (χ3v) is 6.37. The van der Waals surface area contributed by atoms with Gasteiger partial charge in [0.05, 0.1) is 24.3 Å². The molecule has 3 rings (SSSR count). The SMILES string of the molecule is COc1cc(/C=N\NC(=O)CNC2CCCCC2)cc(Br)c1OCc1ccc(Cl)cc1Cl. The van der Waals surface area contributed by atoms with Gasteiger partial charge in [-0.05, 0) is 58.6 Å². The molecule has 1 amide bonds. The van der Waals surface area contributed by atoms with E-state index in [0.29, 0.717) is 32.1 Å². The molecular weight excluding hydrogens is 517 g/mol. The molecule has 1 aliphatic carbocycles. The smallest absolute Gasteiger partial charge is 0.254 e. The van der Waals surface area contributed by atoms with Gasteiger partial charge in [-0.3, -0.25) is 4.79 Å². The van der Waals surface area contributed by atoms with E-state index in [1.807, 2.05) is 12.1 Å². The number of nitrogens with one attached hydrogen (secondary N) is 2. The normalized spacial score (nSPS) is 14.5. The van der Waals surface area contributed by atoms with Crippen molar-refractivity contribution >= 4 is 51.3 Å². The van der Waals surface area contributed by atoms with E-state index in [1.165, 1.54) is 19.3 Å². The van der Waals surface area contributed by atoms with E-state index in [0.717, 1.165) is 24.0 Å². The molecule has 0 radical (unpaired) electrons. The number of halogens is 3. The van der Waals surface area contributed by atoms with Crippen molar-refractivity contribution in [3.63, 3.8) is 0 Å². The van der Waals surface area contributed by atoms with Crippen LogP contribution in [0.5, 0.6) is 11.5 Å². The predicted octanol–water partition coefficient (Wildman–Crippen LogP) is 5.72. The van der Waals surface area contributed by atoms with Crippen molar-refractivity contribution in [2.75, 3.05) is 13.7 Å². The lowest BCUT2D eigenvalue weighted by atomic mass is 9.95. The van der Waals surface area contributed by atoms with Crippen LogP contribution in [0.1, 0.15) is 43.2 Å². The quantitative estimate of drug-likeness (QED) is 0.314. The molecule has 32 heavy (non-hydrogen) atoms. The van der Waals surface area contributed by atoms with Crippen LogP contribution in [-0.4, -0.2) is 31.8 Å². The summed E-state index contributed by atoms with van der Waals surface area (Å²) in [5.74, 6) is 0.894. The Balaban J connectivity index is 1.56. The lowest BCUT2D eigenvalue weighted by Crippen LogP contribution is -2.38. The van der Waals surface area contributed by atoms with Crippen molar-refractivity contribution in [1.82, 2.24) is 10.7 Å². The molecule has 1 fully saturated rings. The monoisotopic (exact) mass is 541 g/mol. The van der Waals surface area contributed by atoms with E-state index in [-0.39, 0.29) is 19.1 Å². The minimum absolute atomic E-state index is 0.169. The maximum Gasteiger partial charge on any atom is 0.254 e. The van der Waals surface area contributed by atoms with Gasteiger partial charge in [0, 0.05) is 21.7 Å². The standard InChI is InChI=1S/C23H26BrCl2N3O3/c1-31-21-10-15(12-28-29-22(30)13-27-18-5-3-2-4-6-18)9-19(24)23(21)32-14-16-7-8-17(25)11-20(16)26/h7-12,18,27H,2-6,13-14H2,1H3,(H,29,30)/b28-12-. The van der Waals surface area contributed by atoms with Gasteiger partial charge in [0.1, 0.15) is 6.61 Å². The number of hydrazone groups is 1. The second kappa shape index (κ2) is 12.4. The van der Waals surface area contributed by atoms with Gasteiger partial charge < -0.3 is 14.8 Å². The molecule has 1 saturated carbocycles. The van der Waals surface area contributed by atoms with Crippen molar-refractivity contribution in [3.05, 3.63) is 56.0 Å². The molecule has 0 bridgehead atoms. The zero-order valence-corrected chi connectivity index (χ0v) is 20.9.